The Morgan fingerprint density at radius 3 is 2.62 bits per heavy atom. The Labute approximate surface area is 95.7 Å². The number of nitrogens with one attached hydrogen (secondary N) is 2. The zero-order chi connectivity index (χ0) is 11.8. The molecule has 0 aromatic carbocycles. The molecule has 88 valence electrons. The van der Waals surface area contributed by atoms with E-state index in [1.54, 1.807) is 12.4 Å². The molecule has 2 N–H and O–H groups in total. The van der Waals surface area contributed by atoms with Crippen LogP contribution in [-0.2, 0) is 4.79 Å². The molecule has 1 aromatic heterocycles. The smallest absolute Gasteiger partial charge is 0.222 e. The third-order valence-corrected chi connectivity index (χ3v) is 1.99. The minimum atomic E-state index is 0.0569. The third-order valence-electron chi connectivity index (χ3n) is 1.99. The number of aromatic nitrogens is 2. The van der Waals surface area contributed by atoms with Crippen molar-refractivity contribution < 1.29 is 4.79 Å². The summed E-state index contributed by atoms with van der Waals surface area (Å²) >= 11 is 0. The van der Waals surface area contributed by atoms with E-state index in [2.05, 4.69) is 20.6 Å². The van der Waals surface area contributed by atoms with Gasteiger partial charge in [0, 0.05) is 31.9 Å². The van der Waals surface area contributed by atoms with Crippen LogP contribution in [0.3, 0.4) is 0 Å². The number of nitrogens with zero attached hydrogens (tertiary/aromatic N) is 2. The van der Waals surface area contributed by atoms with Crippen LogP contribution in [0.5, 0.6) is 0 Å². The van der Waals surface area contributed by atoms with Gasteiger partial charge < -0.3 is 10.6 Å². The lowest BCUT2D eigenvalue weighted by molar-refractivity contribution is -0.120. The molecule has 0 aliphatic rings. The molecule has 5 nitrogen and oxygen atoms in total. The minimum absolute atomic E-state index is 0.0569. The predicted octanol–water partition coefficient (Wildman–Crippen LogP) is 1.11. The van der Waals surface area contributed by atoms with Crippen molar-refractivity contribution in [3.05, 3.63) is 18.0 Å². The van der Waals surface area contributed by atoms with Crippen LogP contribution >= 0.6 is 0 Å². The fourth-order valence-corrected chi connectivity index (χ4v) is 1.12. The summed E-state index contributed by atoms with van der Waals surface area (Å²) in [5, 5.41) is 5.80. The molecule has 1 amide bonds. The van der Waals surface area contributed by atoms with Crippen molar-refractivity contribution in [1.82, 2.24) is 15.3 Å². The molecule has 0 bridgehead atoms. The first-order chi connectivity index (χ1) is 7.72. The van der Waals surface area contributed by atoms with Gasteiger partial charge in [0.15, 0.2) is 0 Å². The van der Waals surface area contributed by atoms with E-state index in [1.165, 1.54) is 0 Å². The number of hydrogen-bond donors (Lipinski definition) is 2. The molecule has 0 aliphatic heterocycles. The topological polar surface area (TPSA) is 66.9 Å². The summed E-state index contributed by atoms with van der Waals surface area (Å²) in [6.07, 6.45) is 4.89. The Morgan fingerprint density at radius 1 is 1.31 bits per heavy atom. The molecule has 0 aliphatic carbocycles. The monoisotopic (exact) mass is 222 g/mol. The van der Waals surface area contributed by atoms with Crippen LogP contribution in [0.2, 0.25) is 0 Å². The molecule has 1 heterocycles. The van der Waals surface area contributed by atoms with Gasteiger partial charge in [-0.3, -0.25) is 4.79 Å². The maximum absolute atomic E-state index is 11.3. The standard InChI is InChI=1S/C11H18N4O/c1-3-5-12-10(16)4-6-13-11-14-7-9(2)8-15-11/h7-8H,3-6H2,1-2H3,(H,12,16)(H,13,14,15). The molecule has 0 fully saturated rings. The van der Waals surface area contributed by atoms with Gasteiger partial charge in [0.2, 0.25) is 11.9 Å². The summed E-state index contributed by atoms with van der Waals surface area (Å²) in [6, 6.07) is 0. The van der Waals surface area contributed by atoms with Crippen LogP contribution in [0.15, 0.2) is 12.4 Å². The lowest BCUT2D eigenvalue weighted by Gasteiger charge is -2.05. The number of carbonyl (C=O) groups excluding carboxylic acids is 1. The molecule has 5 heteroatoms. The lowest BCUT2D eigenvalue weighted by atomic mass is 10.4. The van der Waals surface area contributed by atoms with Gasteiger partial charge in [0.05, 0.1) is 0 Å². The van der Waals surface area contributed by atoms with Crippen molar-refractivity contribution in [3.8, 4) is 0 Å². The summed E-state index contributed by atoms with van der Waals surface area (Å²) < 4.78 is 0. The number of anilines is 1. The molecule has 0 radical (unpaired) electrons. The molecule has 0 saturated heterocycles. The van der Waals surface area contributed by atoms with Gasteiger partial charge in [-0.15, -0.1) is 0 Å². The van der Waals surface area contributed by atoms with Crippen LogP contribution in [0.4, 0.5) is 5.95 Å². The number of hydrogen-bond acceptors (Lipinski definition) is 4. The van der Waals surface area contributed by atoms with E-state index in [1.807, 2.05) is 13.8 Å². The van der Waals surface area contributed by atoms with Crippen LogP contribution < -0.4 is 10.6 Å². The van der Waals surface area contributed by atoms with Crippen molar-refractivity contribution in [2.75, 3.05) is 18.4 Å². The first-order valence-corrected chi connectivity index (χ1v) is 5.51. The molecule has 0 unspecified atom stereocenters. The van der Waals surface area contributed by atoms with Gasteiger partial charge in [-0.1, -0.05) is 6.92 Å². The Balaban J connectivity index is 2.20. The van der Waals surface area contributed by atoms with E-state index >= 15 is 0 Å². The Morgan fingerprint density at radius 2 is 2.00 bits per heavy atom. The first kappa shape index (κ1) is 12.4. The molecule has 16 heavy (non-hydrogen) atoms. The van der Waals surface area contributed by atoms with Crippen molar-refractivity contribution in [3.63, 3.8) is 0 Å². The molecule has 1 rings (SSSR count). The summed E-state index contributed by atoms with van der Waals surface area (Å²) in [6.45, 7) is 5.25. The van der Waals surface area contributed by atoms with Crippen LogP contribution in [0.25, 0.3) is 0 Å². The van der Waals surface area contributed by atoms with Crippen LogP contribution in [0, 0.1) is 6.92 Å². The molecule has 1 aromatic rings. The number of carbonyl (C=O) groups is 1. The van der Waals surface area contributed by atoms with Crippen molar-refractivity contribution in [1.29, 1.82) is 0 Å². The Kier molecular flexibility index (Phi) is 5.25. The quantitative estimate of drug-likeness (QED) is 0.756. The van der Waals surface area contributed by atoms with E-state index in [0.29, 0.717) is 18.9 Å². The predicted molar refractivity (Wildman–Crippen MR) is 63.2 cm³/mol. The fourth-order valence-electron chi connectivity index (χ4n) is 1.12. The Hall–Kier alpha value is -1.65. The SMILES string of the molecule is CCCNC(=O)CCNc1ncc(C)cn1. The largest absolute Gasteiger partial charge is 0.356 e. The Bertz CT molecular complexity index is 323. The number of amides is 1. The molecule has 0 saturated carbocycles. The van der Waals surface area contributed by atoms with E-state index in [9.17, 15) is 4.79 Å². The highest BCUT2D eigenvalue weighted by Gasteiger charge is 2.00. The van der Waals surface area contributed by atoms with Gasteiger partial charge in [-0.2, -0.15) is 0 Å². The normalized spacial score (nSPS) is 9.88. The second-order valence-corrected chi connectivity index (χ2v) is 3.61. The highest BCUT2D eigenvalue weighted by Crippen LogP contribution is 1.98. The van der Waals surface area contributed by atoms with Crippen LogP contribution in [0.1, 0.15) is 25.3 Å². The van der Waals surface area contributed by atoms with E-state index in [4.69, 9.17) is 0 Å². The average Bonchev–Trinajstić information content (AvgIpc) is 2.29. The van der Waals surface area contributed by atoms with Gasteiger partial charge in [-0.05, 0) is 18.9 Å². The van der Waals surface area contributed by atoms with Gasteiger partial charge in [0.1, 0.15) is 0 Å². The first-order valence-electron chi connectivity index (χ1n) is 5.51. The average molecular weight is 222 g/mol. The summed E-state index contributed by atoms with van der Waals surface area (Å²) in [5.41, 5.74) is 1.02. The van der Waals surface area contributed by atoms with E-state index < -0.39 is 0 Å². The molecule has 0 spiro atoms. The zero-order valence-corrected chi connectivity index (χ0v) is 9.79. The maximum Gasteiger partial charge on any atom is 0.222 e. The van der Waals surface area contributed by atoms with Crippen LogP contribution in [-0.4, -0.2) is 29.0 Å². The van der Waals surface area contributed by atoms with Gasteiger partial charge in [0.25, 0.3) is 0 Å². The number of aryl methyl sites for hydroxylation is 1. The van der Waals surface area contributed by atoms with Gasteiger partial charge in [-0.25, -0.2) is 9.97 Å². The van der Waals surface area contributed by atoms with E-state index in [-0.39, 0.29) is 5.91 Å². The van der Waals surface area contributed by atoms with Crippen molar-refractivity contribution in [2.24, 2.45) is 0 Å². The summed E-state index contributed by atoms with van der Waals surface area (Å²) in [4.78, 5) is 19.4. The van der Waals surface area contributed by atoms with Crippen molar-refractivity contribution >= 4 is 11.9 Å². The molecular formula is C11H18N4O. The summed E-state index contributed by atoms with van der Waals surface area (Å²) in [5.74, 6) is 0.621. The second kappa shape index (κ2) is 6.76. The maximum atomic E-state index is 11.3. The van der Waals surface area contributed by atoms with Gasteiger partial charge >= 0.3 is 0 Å². The minimum Gasteiger partial charge on any atom is -0.356 e. The highest BCUT2D eigenvalue weighted by molar-refractivity contribution is 5.76. The third kappa shape index (κ3) is 4.72. The zero-order valence-electron chi connectivity index (χ0n) is 9.79. The summed E-state index contributed by atoms with van der Waals surface area (Å²) in [7, 11) is 0. The fraction of sp³-hybridized carbons (Fsp3) is 0.545. The molecule has 0 atom stereocenters. The molecular weight excluding hydrogens is 204 g/mol. The number of rotatable bonds is 6. The second-order valence-electron chi connectivity index (χ2n) is 3.61. The highest BCUT2D eigenvalue weighted by atomic mass is 16.1. The van der Waals surface area contributed by atoms with Crippen molar-refractivity contribution in [2.45, 2.75) is 26.7 Å². The van der Waals surface area contributed by atoms with E-state index in [0.717, 1.165) is 18.5 Å². The lowest BCUT2D eigenvalue weighted by Crippen LogP contribution is -2.26.